The number of benzene rings is 1. The van der Waals surface area contributed by atoms with Crippen LogP contribution >= 0.6 is 11.3 Å². The summed E-state index contributed by atoms with van der Waals surface area (Å²) in [6.45, 7) is 7.63. The molecule has 108 valence electrons. The van der Waals surface area contributed by atoms with E-state index in [1.165, 1.54) is 34.4 Å². The summed E-state index contributed by atoms with van der Waals surface area (Å²) in [5.41, 5.74) is 4.29. The van der Waals surface area contributed by atoms with E-state index in [1.54, 1.807) is 0 Å². The highest BCUT2D eigenvalue weighted by atomic mass is 32.1. The standard InChI is InChI=1S/C18H25NS/c1-4-7-14-8-10-16(11-9-14)17(19-6-3)18-15(5-2)12-13-20-18/h8-13,17,19H,4-7H2,1-3H3. The van der Waals surface area contributed by atoms with Crippen LogP contribution in [-0.4, -0.2) is 6.54 Å². The van der Waals surface area contributed by atoms with E-state index >= 15 is 0 Å². The molecule has 1 N–H and O–H groups in total. The summed E-state index contributed by atoms with van der Waals surface area (Å²) in [7, 11) is 0. The molecule has 20 heavy (non-hydrogen) atoms. The summed E-state index contributed by atoms with van der Waals surface area (Å²) in [6, 6.07) is 11.7. The maximum Gasteiger partial charge on any atom is 0.0673 e. The van der Waals surface area contributed by atoms with Crippen molar-refractivity contribution in [2.45, 2.75) is 46.1 Å². The minimum atomic E-state index is 0.339. The minimum absolute atomic E-state index is 0.339. The van der Waals surface area contributed by atoms with Crippen molar-refractivity contribution in [3.05, 3.63) is 57.3 Å². The maximum absolute atomic E-state index is 3.64. The molecule has 0 spiro atoms. The van der Waals surface area contributed by atoms with Crippen LogP contribution in [0.1, 0.15) is 54.8 Å². The summed E-state index contributed by atoms with van der Waals surface area (Å²) in [6.07, 6.45) is 3.49. The molecule has 0 fully saturated rings. The monoisotopic (exact) mass is 287 g/mol. The molecule has 0 radical (unpaired) electrons. The van der Waals surface area contributed by atoms with Crippen LogP contribution in [0.4, 0.5) is 0 Å². The zero-order valence-electron chi connectivity index (χ0n) is 12.8. The third-order valence-corrected chi connectivity index (χ3v) is 4.71. The van der Waals surface area contributed by atoms with E-state index in [0.29, 0.717) is 6.04 Å². The number of nitrogens with one attached hydrogen (secondary N) is 1. The van der Waals surface area contributed by atoms with Gasteiger partial charge in [0.2, 0.25) is 0 Å². The molecule has 1 unspecified atom stereocenters. The first-order chi connectivity index (χ1) is 9.80. The summed E-state index contributed by atoms with van der Waals surface area (Å²) >= 11 is 1.87. The van der Waals surface area contributed by atoms with Crippen molar-refractivity contribution in [3.63, 3.8) is 0 Å². The SMILES string of the molecule is CCCc1ccc(C(NCC)c2sccc2CC)cc1. The third-order valence-electron chi connectivity index (χ3n) is 3.68. The second kappa shape index (κ2) is 7.61. The Morgan fingerprint density at radius 2 is 1.80 bits per heavy atom. The van der Waals surface area contributed by atoms with Gasteiger partial charge < -0.3 is 5.32 Å². The topological polar surface area (TPSA) is 12.0 Å². The molecule has 2 aromatic rings. The molecular weight excluding hydrogens is 262 g/mol. The Labute approximate surface area is 127 Å². The van der Waals surface area contributed by atoms with Gasteiger partial charge in [-0.15, -0.1) is 11.3 Å². The predicted octanol–water partition coefficient (Wildman–Crippen LogP) is 4.96. The van der Waals surface area contributed by atoms with Gasteiger partial charge in [-0.05, 0) is 47.5 Å². The average Bonchev–Trinajstić information content (AvgIpc) is 2.94. The van der Waals surface area contributed by atoms with Gasteiger partial charge >= 0.3 is 0 Å². The van der Waals surface area contributed by atoms with E-state index in [2.05, 4.69) is 61.8 Å². The van der Waals surface area contributed by atoms with Crippen molar-refractivity contribution < 1.29 is 0 Å². The molecule has 1 heterocycles. The lowest BCUT2D eigenvalue weighted by Gasteiger charge is -2.19. The highest BCUT2D eigenvalue weighted by Crippen LogP contribution is 2.30. The molecule has 1 aromatic carbocycles. The van der Waals surface area contributed by atoms with Crippen LogP contribution in [-0.2, 0) is 12.8 Å². The fraction of sp³-hybridized carbons (Fsp3) is 0.444. The number of aryl methyl sites for hydroxylation is 2. The molecule has 1 nitrogen and oxygen atoms in total. The van der Waals surface area contributed by atoms with Crippen molar-refractivity contribution in [1.29, 1.82) is 0 Å². The van der Waals surface area contributed by atoms with Gasteiger partial charge in [0.15, 0.2) is 0 Å². The van der Waals surface area contributed by atoms with Gasteiger partial charge in [0.05, 0.1) is 6.04 Å². The zero-order valence-corrected chi connectivity index (χ0v) is 13.6. The van der Waals surface area contributed by atoms with E-state index in [1.807, 2.05) is 11.3 Å². The van der Waals surface area contributed by atoms with E-state index in [-0.39, 0.29) is 0 Å². The Morgan fingerprint density at radius 3 is 2.40 bits per heavy atom. The predicted molar refractivity (Wildman–Crippen MR) is 89.7 cm³/mol. The van der Waals surface area contributed by atoms with Crippen LogP contribution in [0.5, 0.6) is 0 Å². The molecule has 0 saturated heterocycles. The Hall–Kier alpha value is -1.12. The first-order valence-corrected chi connectivity index (χ1v) is 8.56. The van der Waals surface area contributed by atoms with Gasteiger partial charge in [-0.3, -0.25) is 0 Å². The molecule has 1 atom stereocenters. The van der Waals surface area contributed by atoms with Crippen LogP contribution in [0.2, 0.25) is 0 Å². The van der Waals surface area contributed by atoms with Gasteiger partial charge in [0.25, 0.3) is 0 Å². The van der Waals surface area contributed by atoms with Gasteiger partial charge in [-0.1, -0.05) is 51.5 Å². The van der Waals surface area contributed by atoms with E-state index in [4.69, 9.17) is 0 Å². The van der Waals surface area contributed by atoms with Crippen molar-refractivity contribution in [2.24, 2.45) is 0 Å². The maximum atomic E-state index is 3.64. The van der Waals surface area contributed by atoms with Gasteiger partial charge in [0, 0.05) is 4.88 Å². The summed E-state index contributed by atoms with van der Waals surface area (Å²) in [4.78, 5) is 1.47. The lowest BCUT2D eigenvalue weighted by Crippen LogP contribution is -2.22. The largest absolute Gasteiger partial charge is 0.306 e. The molecule has 2 heteroatoms. The summed E-state index contributed by atoms with van der Waals surface area (Å²) in [5.74, 6) is 0. The lowest BCUT2D eigenvalue weighted by atomic mass is 9.99. The first-order valence-electron chi connectivity index (χ1n) is 7.68. The molecule has 0 bridgehead atoms. The van der Waals surface area contributed by atoms with Crippen molar-refractivity contribution in [2.75, 3.05) is 6.54 Å². The third kappa shape index (κ3) is 3.50. The van der Waals surface area contributed by atoms with Crippen LogP contribution in [0.25, 0.3) is 0 Å². The van der Waals surface area contributed by atoms with Crippen LogP contribution < -0.4 is 5.32 Å². The Morgan fingerprint density at radius 1 is 1.05 bits per heavy atom. The molecular formula is C18H25NS. The Kier molecular flexibility index (Phi) is 5.81. The minimum Gasteiger partial charge on any atom is -0.306 e. The van der Waals surface area contributed by atoms with Crippen molar-refractivity contribution >= 4 is 11.3 Å². The number of thiophene rings is 1. The fourth-order valence-corrected chi connectivity index (χ4v) is 3.72. The molecule has 0 aliphatic carbocycles. The van der Waals surface area contributed by atoms with Crippen molar-refractivity contribution in [3.8, 4) is 0 Å². The van der Waals surface area contributed by atoms with E-state index < -0.39 is 0 Å². The number of rotatable bonds is 7. The summed E-state index contributed by atoms with van der Waals surface area (Å²) in [5, 5.41) is 5.85. The first kappa shape index (κ1) is 15.3. The molecule has 0 aliphatic heterocycles. The fourth-order valence-electron chi connectivity index (χ4n) is 2.62. The van der Waals surface area contributed by atoms with E-state index in [9.17, 15) is 0 Å². The lowest BCUT2D eigenvalue weighted by molar-refractivity contribution is 0.635. The number of hydrogen-bond donors (Lipinski definition) is 1. The number of hydrogen-bond acceptors (Lipinski definition) is 2. The summed E-state index contributed by atoms with van der Waals surface area (Å²) < 4.78 is 0. The van der Waals surface area contributed by atoms with E-state index in [0.717, 1.165) is 13.0 Å². The Bertz CT molecular complexity index is 512. The zero-order chi connectivity index (χ0) is 14.4. The highest BCUT2D eigenvalue weighted by Gasteiger charge is 2.17. The molecule has 0 aliphatic rings. The highest BCUT2D eigenvalue weighted by molar-refractivity contribution is 7.10. The van der Waals surface area contributed by atoms with Crippen molar-refractivity contribution in [1.82, 2.24) is 5.32 Å². The molecule has 0 amide bonds. The smallest absolute Gasteiger partial charge is 0.0673 e. The second-order valence-corrected chi connectivity index (χ2v) is 6.09. The molecule has 0 saturated carbocycles. The van der Waals surface area contributed by atoms with Gasteiger partial charge in [-0.25, -0.2) is 0 Å². The molecule has 2 rings (SSSR count). The second-order valence-electron chi connectivity index (χ2n) is 5.15. The average molecular weight is 287 g/mol. The quantitative estimate of drug-likeness (QED) is 0.758. The Balaban J connectivity index is 2.28. The van der Waals surface area contributed by atoms with Crippen LogP contribution in [0, 0.1) is 0 Å². The molecule has 1 aromatic heterocycles. The van der Waals surface area contributed by atoms with Crippen LogP contribution in [0.3, 0.4) is 0 Å². The van der Waals surface area contributed by atoms with Gasteiger partial charge in [-0.2, -0.15) is 0 Å². The normalized spacial score (nSPS) is 12.6. The van der Waals surface area contributed by atoms with Crippen LogP contribution in [0.15, 0.2) is 35.7 Å². The van der Waals surface area contributed by atoms with Gasteiger partial charge in [0.1, 0.15) is 0 Å².